The van der Waals surface area contributed by atoms with Crippen LogP contribution in [0.1, 0.15) is 19.3 Å². The van der Waals surface area contributed by atoms with Crippen LogP contribution in [-0.2, 0) is 9.53 Å². The first-order chi connectivity index (χ1) is 14.0. The molecule has 0 spiro atoms. The van der Waals surface area contributed by atoms with Crippen molar-refractivity contribution in [1.29, 1.82) is 0 Å². The molecule has 0 unspecified atom stereocenters. The molecule has 0 aliphatic carbocycles. The van der Waals surface area contributed by atoms with Crippen LogP contribution in [0.4, 0.5) is 5.82 Å². The number of hydrogen-bond acceptors (Lipinski definition) is 6. The molecule has 4 rings (SSSR count). The lowest BCUT2D eigenvalue weighted by atomic mass is 10.0. The van der Waals surface area contributed by atoms with Gasteiger partial charge < -0.3 is 14.7 Å². The van der Waals surface area contributed by atoms with Gasteiger partial charge in [-0.1, -0.05) is 29.3 Å². The Morgan fingerprint density at radius 1 is 1.38 bits per heavy atom. The fourth-order valence-electron chi connectivity index (χ4n) is 3.63. The van der Waals surface area contributed by atoms with Gasteiger partial charge in [0.1, 0.15) is 5.82 Å². The van der Waals surface area contributed by atoms with E-state index in [1.54, 1.807) is 6.07 Å². The number of ether oxygens (including phenoxy) is 1. The molecular formula is C20H19Cl2N3O3S. The normalized spacial score (nSPS) is 16.6. The zero-order chi connectivity index (χ0) is 20.4. The fraction of sp³-hybridized carbons (Fsp3) is 0.350. The number of aliphatic carboxylic acids is 1. The highest BCUT2D eigenvalue weighted by Crippen LogP contribution is 2.38. The van der Waals surface area contributed by atoms with Crippen LogP contribution in [0.3, 0.4) is 0 Å². The number of fused-ring (bicyclic) bond motifs is 1. The maximum atomic E-state index is 10.7. The second kappa shape index (κ2) is 8.83. The first-order valence-corrected chi connectivity index (χ1v) is 10.9. The fourth-order valence-corrected chi connectivity index (χ4v) is 4.53. The number of aromatic nitrogens is 2. The Hall–Kier alpha value is -1.93. The number of pyridine rings is 1. The highest BCUT2D eigenvalue weighted by molar-refractivity contribution is 7.03. The molecule has 0 amide bonds. The molecule has 3 aromatic rings. The van der Waals surface area contributed by atoms with Crippen molar-refractivity contribution in [3.63, 3.8) is 0 Å². The third kappa shape index (κ3) is 4.33. The van der Waals surface area contributed by atoms with E-state index in [1.807, 2.05) is 17.6 Å². The predicted molar refractivity (Wildman–Crippen MR) is 116 cm³/mol. The largest absolute Gasteiger partial charge is 0.481 e. The van der Waals surface area contributed by atoms with E-state index < -0.39 is 5.97 Å². The van der Waals surface area contributed by atoms with Crippen molar-refractivity contribution in [1.82, 2.24) is 9.36 Å². The molecule has 1 aliphatic rings. The van der Waals surface area contributed by atoms with Crippen LogP contribution in [0, 0.1) is 0 Å². The monoisotopic (exact) mass is 451 g/mol. The van der Waals surface area contributed by atoms with Crippen LogP contribution >= 0.6 is 34.7 Å². The molecule has 9 heteroatoms. The predicted octanol–water partition coefficient (Wildman–Crippen LogP) is 5.13. The Balaban J connectivity index is 1.69. The molecule has 6 nitrogen and oxygen atoms in total. The van der Waals surface area contributed by atoms with Gasteiger partial charge in [-0.25, -0.2) is 9.36 Å². The summed E-state index contributed by atoms with van der Waals surface area (Å²) < 4.78 is 9.84. The Bertz CT molecular complexity index is 1030. The van der Waals surface area contributed by atoms with Gasteiger partial charge in [-0.15, -0.1) is 0 Å². The lowest BCUT2D eigenvalue weighted by Gasteiger charge is -2.26. The molecular weight excluding hydrogens is 433 g/mol. The summed E-state index contributed by atoms with van der Waals surface area (Å²) in [5.74, 6) is -0.0443. The average Bonchev–Trinajstić information content (AvgIpc) is 3.39. The van der Waals surface area contributed by atoms with Crippen molar-refractivity contribution >= 4 is 57.4 Å². The Morgan fingerprint density at radius 3 is 3.00 bits per heavy atom. The van der Waals surface area contributed by atoms with Crippen LogP contribution in [0.25, 0.3) is 22.0 Å². The highest BCUT2D eigenvalue weighted by atomic mass is 35.5. The van der Waals surface area contributed by atoms with E-state index in [0.29, 0.717) is 22.2 Å². The molecule has 29 heavy (non-hydrogen) atoms. The smallest absolute Gasteiger partial charge is 0.305 e. The summed E-state index contributed by atoms with van der Waals surface area (Å²) in [6.07, 6.45) is 3.82. The summed E-state index contributed by atoms with van der Waals surface area (Å²) in [7, 11) is 0. The number of carboxylic acid groups (broad SMARTS) is 1. The number of nitrogens with zero attached hydrogens (tertiary/aromatic N) is 3. The SMILES string of the molecule is O=C(O)CCOC[C@@H]1CCCN1c1cc(-c2cnsc2)c2ccc(Cl)c(Cl)c2n1. The van der Waals surface area contributed by atoms with E-state index in [4.69, 9.17) is 38.0 Å². The summed E-state index contributed by atoms with van der Waals surface area (Å²) in [6.45, 7) is 1.52. The number of anilines is 1. The lowest BCUT2D eigenvalue weighted by molar-refractivity contribution is -0.138. The first kappa shape index (κ1) is 20.3. The number of hydrogen-bond donors (Lipinski definition) is 1. The van der Waals surface area contributed by atoms with Crippen molar-refractivity contribution in [3.05, 3.63) is 39.8 Å². The Labute approximate surface area is 182 Å². The van der Waals surface area contributed by atoms with Crippen molar-refractivity contribution in [2.45, 2.75) is 25.3 Å². The number of rotatable bonds is 7. The van der Waals surface area contributed by atoms with E-state index in [0.717, 1.165) is 41.7 Å². The van der Waals surface area contributed by atoms with Crippen molar-refractivity contribution in [2.75, 3.05) is 24.7 Å². The minimum absolute atomic E-state index is 0.00432. The van der Waals surface area contributed by atoms with Crippen LogP contribution in [0.5, 0.6) is 0 Å². The van der Waals surface area contributed by atoms with Gasteiger partial charge in [0.05, 0.1) is 41.2 Å². The summed E-state index contributed by atoms with van der Waals surface area (Å²) >= 11 is 14.1. The number of halogens is 2. The maximum Gasteiger partial charge on any atom is 0.305 e. The van der Waals surface area contributed by atoms with E-state index in [-0.39, 0.29) is 19.1 Å². The van der Waals surface area contributed by atoms with Gasteiger partial charge in [-0.3, -0.25) is 4.79 Å². The maximum absolute atomic E-state index is 10.7. The van der Waals surface area contributed by atoms with Crippen molar-refractivity contribution in [3.8, 4) is 11.1 Å². The van der Waals surface area contributed by atoms with Gasteiger partial charge in [0.15, 0.2) is 0 Å². The number of carboxylic acids is 1. The second-order valence-electron chi connectivity index (χ2n) is 6.91. The third-order valence-corrected chi connectivity index (χ3v) is 6.43. The molecule has 0 radical (unpaired) electrons. The van der Waals surface area contributed by atoms with Crippen molar-refractivity contribution < 1.29 is 14.6 Å². The molecule has 1 saturated heterocycles. The lowest BCUT2D eigenvalue weighted by Crippen LogP contribution is -2.34. The molecule has 2 aromatic heterocycles. The van der Waals surface area contributed by atoms with Crippen LogP contribution in [0.15, 0.2) is 29.8 Å². The molecule has 0 bridgehead atoms. The Kier molecular flexibility index (Phi) is 6.20. The first-order valence-electron chi connectivity index (χ1n) is 9.29. The van der Waals surface area contributed by atoms with Gasteiger partial charge >= 0.3 is 5.97 Å². The average molecular weight is 452 g/mol. The van der Waals surface area contributed by atoms with Crippen LogP contribution in [-0.4, -0.2) is 46.2 Å². The quantitative estimate of drug-likeness (QED) is 0.502. The molecule has 152 valence electrons. The van der Waals surface area contributed by atoms with E-state index in [1.165, 1.54) is 11.5 Å². The second-order valence-corrected chi connectivity index (χ2v) is 8.35. The van der Waals surface area contributed by atoms with E-state index in [9.17, 15) is 4.79 Å². The number of carbonyl (C=O) groups is 1. The standard InChI is InChI=1S/C20H19Cl2N3O3S/c21-16-4-3-14-15(12-9-23-29-11-12)8-17(24-20(14)19(16)22)25-6-1-2-13(25)10-28-7-5-18(26)27/h3-4,8-9,11,13H,1-2,5-7,10H2,(H,26,27)/t13-/m0/s1. The molecule has 1 atom stereocenters. The molecule has 3 heterocycles. The van der Waals surface area contributed by atoms with Gasteiger partial charge in [0.25, 0.3) is 0 Å². The summed E-state index contributed by atoms with van der Waals surface area (Å²) in [6, 6.07) is 5.92. The molecule has 1 aromatic carbocycles. The highest BCUT2D eigenvalue weighted by Gasteiger charge is 2.27. The zero-order valence-electron chi connectivity index (χ0n) is 15.5. The van der Waals surface area contributed by atoms with E-state index in [2.05, 4.69) is 15.3 Å². The molecule has 1 aliphatic heterocycles. The van der Waals surface area contributed by atoms with Gasteiger partial charge in [-0.05, 0) is 42.1 Å². The van der Waals surface area contributed by atoms with E-state index >= 15 is 0 Å². The minimum atomic E-state index is -0.856. The van der Waals surface area contributed by atoms with Crippen LogP contribution < -0.4 is 4.90 Å². The summed E-state index contributed by atoms with van der Waals surface area (Å²) in [5, 5.41) is 12.6. The van der Waals surface area contributed by atoms with Gasteiger partial charge in [0, 0.05) is 29.1 Å². The zero-order valence-corrected chi connectivity index (χ0v) is 17.8. The minimum Gasteiger partial charge on any atom is -0.481 e. The molecule has 0 saturated carbocycles. The molecule has 1 N–H and O–H groups in total. The number of benzene rings is 1. The van der Waals surface area contributed by atoms with Gasteiger partial charge in [-0.2, -0.15) is 0 Å². The third-order valence-electron chi connectivity index (χ3n) is 5.04. The van der Waals surface area contributed by atoms with Crippen molar-refractivity contribution in [2.24, 2.45) is 0 Å². The summed E-state index contributed by atoms with van der Waals surface area (Å²) in [5.41, 5.74) is 2.68. The summed E-state index contributed by atoms with van der Waals surface area (Å²) in [4.78, 5) is 17.7. The van der Waals surface area contributed by atoms with Gasteiger partial charge in [0.2, 0.25) is 0 Å². The topological polar surface area (TPSA) is 75.6 Å². The van der Waals surface area contributed by atoms with Crippen LogP contribution in [0.2, 0.25) is 10.0 Å². The Morgan fingerprint density at radius 2 is 2.24 bits per heavy atom. The molecule has 1 fully saturated rings.